The van der Waals surface area contributed by atoms with Crippen molar-refractivity contribution in [2.45, 2.75) is 69.4 Å². The van der Waals surface area contributed by atoms with E-state index in [4.69, 9.17) is 152 Å². The van der Waals surface area contributed by atoms with Crippen molar-refractivity contribution in [2.75, 3.05) is 0 Å². The van der Waals surface area contributed by atoms with E-state index in [2.05, 4.69) is 0 Å². The molecule has 17 rings (SSSR count). The quantitative estimate of drug-likeness (QED) is 0.0605. The smallest absolute Gasteiger partial charge is 0.457 e. The number of ether oxygens (including phenoxy) is 4. The fourth-order valence-electron chi connectivity index (χ4n) is 15.8. The Kier molecular flexibility index (Phi) is 19.3. The number of fused-ring (bicyclic) bond motifs is 20. The van der Waals surface area contributed by atoms with Gasteiger partial charge in [0.05, 0.1) is 78.4 Å². The monoisotopic (exact) mass is 1350 g/mol. The van der Waals surface area contributed by atoms with Crippen LogP contribution in [0.3, 0.4) is 0 Å². The van der Waals surface area contributed by atoms with Crippen LogP contribution in [-0.4, -0.2) is 207 Å². The third kappa shape index (κ3) is 12.7. The fourth-order valence-corrected chi connectivity index (χ4v) is 15.8. The fraction of sp³-hybridized carbons (Fsp3) is 0.176. The molecule has 450 valence electrons. The van der Waals surface area contributed by atoms with Crippen molar-refractivity contribution >= 4 is 221 Å². The van der Waals surface area contributed by atoms with Crippen molar-refractivity contribution in [3.05, 3.63) is 192 Å². The first-order valence-corrected chi connectivity index (χ1v) is 34.4. The van der Waals surface area contributed by atoms with Gasteiger partial charge in [-0.15, -0.1) is 43.7 Å². The Hall–Kier alpha value is -7.50. The molecule has 37 heteroatoms. The number of nitrogens with zero attached hydrogens (tertiary/aromatic N) is 8. The zero-order valence-electron chi connectivity index (χ0n) is 57.1. The molecule has 8 bridgehead atoms. The van der Waals surface area contributed by atoms with Crippen LogP contribution in [0.4, 0.5) is 0 Å². The summed E-state index contributed by atoms with van der Waals surface area (Å²) in [5.74, 6) is 5.69. The summed E-state index contributed by atoms with van der Waals surface area (Å²) in [5.41, 5.74) is 7.88. The Morgan fingerprint density at radius 1 is 0.295 bits per heavy atom. The minimum Gasteiger partial charge on any atom is -0.457 e. The maximum atomic E-state index is 6.62. The summed E-state index contributed by atoms with van der Waals surface area (Å²) in [5, 5.41) is 0.889. The topological polar surface area (TPSA) is 142 Å². The molecule has 6 aliphatic heterocycles. The summed E-state index contributed by atoms with van der Waals surface area (Å²) >= 11 is 0. The summed E-state index contributed by atoms with van der Waals surface area (Å²) in [7, 11) is 87.4. The molecule has 32 radical (unpaired) electrons. The number of rotatable bonds is 24. The van der Waals surface area contributed by atoms with Crippen LogP contribution in [0.25, 0.3) is 89.7 Å². The van der Waals surface area contributed by atoms with Gasteiger partial charge in [0, 0.05) is 166 Å². The van der Waals surface area contributed by atoms with Crippen LogP contribution >= 0.6 is 0 Å². The minimum absolute atomic E-state index is 0. The van der Waals surface area contributed by atoms with Gasteiger partial charge in [-0.3, -0.25) is 0 Å². The zero-order valence-corrected chi connectivity index (χ0v) is 60.0. The van der Waals surface area contributed by atoms with E-state index in [1.165, 1.54) is 0 Å². The molecule has 0 saturated carbocycles. The standard InChI is InChI=1S/C68H40B24N8O4.Zn/c69-81-61-65(85-73,89(61)77)29-33-1-9-37(10-2-33)101-41-17-21-45-49(25-41)57-94-53(45)93-54-46-22-18-43(103-39-13-5-35(6-14-39)31-67(87-75)63(83-71)91(67)79)27-51(46)59(95-54)100-60-52-28-44(104-40-15-7-36(8-16-40)32-68(88-76)64(84-72)92(68)80)20-24-48(52)56(99-60)98-58-50-26-42(19-23-47(50)55(96-57)97-58)102-38-11-3-34(4-12-38)30-66(86-74)62(82-70)90(66)78;/h1-28,61-64H,29-32H2;/q-2;+2/i81-1,82-1,83-1,84-1,85-1,86-1,87-1,88-1,89-1,90-1,91-1,92-1;. The van der Waals surface area contributed by atoms with Crippen LogP contribution in [0.15, 0.2) is 170 Å². The molecular weight excluding hydrogens is 1310 g/mol. The van der Waals surface area contributed by atoms with Crippen molar-refractivity contribution in [3.8, 4) is 91.5 Å². The van der Waals surface area contributed by atoms with Gasteiger partial charge in [0.2, 0.25) is 0 Å². The van der Waals surface area contributed by atoms with Crippen LogP contribution in [0.5, 0.6) is 46.0 Å². The largest absolute Gasteiger partial charge is 2.00 e. The minimum atomic E-state index is -0.416. The first-order valence-electron chi connectivity index (χ1n) is 34.4. The summed E-state index contributed by atoms with van der Waals surface area (Å²) in [4.78, 5) is 42.2. The maximum Gasteiger partial charge on any atom is 2.00 e. The van der Waals surface area contributed by atoms with Gasteiger partial charge >= 0.3 is 19.5 Å². The van der Waals surface area contributed by atoms with Crippen LogP contribution in [0.1, 0.15) is 22.3 Å². The molecule has 0 aliphatic carbocycles. The van der Waals surface area contributed by atoms with E-state index in [0.29, 0.717) is 161 Å². The molecule has 4 saturated heterocycles. The Labute approximate surface area is 647 Å². The predicted octanol–water partition coefficient (Wildman–Crippen LogP) is 6.56. The van der Waals surface area contributed by atoms with Crippen molar-refractivity contribution in [1.29, 1.82) is 0 Å². The summed E-state index contributed by atoms with van der Waals surface area (Å²) in [6.45, 7) is -0.646. The second-order valence-electron chi connectivity index (χ2n) is 28.1. The van der Waals surface area contributed by atoms with Crippen LogP contribution in [0.2, 0.25) is 43.7 Å². The second-order valence-corrected chi connectivity index (χ2v) is 28.1. The van der Waals surface area contributed by atoms with Crippen LogP contribution in [-0.2, 0) is 45.2 Å². The van der Waals surface area contributed by atoms with E-state index in [-0.39, 0.29) is 68.8 Å². The molecule has 0 spiro atoms. The average Bonchev–Trinajstić information content (AvgIpc) is 1.58. The molecule has 8 atom stereocenters. The van der Waals surface area contributed by atoms with Gasteiger partial charge in [0.25, 0.3) is 0 Å². The van der Waals surface area contributed by atoms with Gasteiger partial charge in [-0.2, -0.15) is 0 Å². The zero-order chi connectivity index (χ0) is 71.6. The van der Waals surface area contributed by atoms with Gasteiger partial charge < -0.3 is 48.9 Å². The van der Waals surface area contributed by atoms with Crippen LogP contribution in [0, 0.1) is 0 Å². The Bertz CT molecular complexity index is 5380. The third-order valence-electron chi connectivity index (χ3n) is 22.4. The molecule has 9 heterocycles. The maximum absolute atomic E-state index is 6.62. The first-order chi connectivity index (χ1) is 50.6. The molecule has 0 N–H and O–H groups in total. The number of aromatic nitrogens is 8. The first kappa shape index (κ1) is 71.7. The van der Waals surface area contributed by atoms with E-state index < -0.39 is 20.9 Å². The molecule has 8 aromatic carbocycles. The number of hydrogen-bond acceptors (Lipinski definition) is 10. The van der Waals surface area contributed by atoms with Crippen molar-refractivity contribution in [1.82, 2.24) is 39.9 Å². The third-order valence-corrected chi connectivity index (χ3v) is 22.4. The van der Waals surface area contributed by atoms with E-state index in [0.717, 1.165) is 22.3 Å². The van der Waals surface area contributed by atoms with E-state index in [1.807, 2.05) is 170 Å². The van der Waals surface area contributed by atoms with E-state index in [9.17, 15) is 0 Å². The second kappa shape index (κ2) is 28.3. The SMILES string of the molecule is [B][10B]C1[10B]([B])C1([10B][B])Cc1ccc(Oc2ccc3c(c2)-c2nc-3nc3[n-]c(nc4nc(nc5[n-]c(n2)c2ccc(Oc6ccc(CC7([10B][B])[10B]([B])C7[10B][B])cc6)cc52)-c2ccc(Oc5ccc(CC6([10B][B])[10B]([B])C6[10B][B])cc5)cc2-4)c2cc(Oc4ccc(CC5([10B][B])[10B]([B])C5[10B][B])cc4)ccc32)cc1.[Zn+2]. The molecule has 11 aromatic rings. The Morgan fingerprint density at radius 2 is 0.533 bits per heavy atom. The summed E-state index contributed by atoms with van der Waals surface area (Å²) < 4.78 is 26.5. The predicted molar refractivity (Wildman–Crippen MR) is 439 cm³/mol. The molecule has 6 aliphatic rings. The van der Waals surface area contributed by atoms with Crippen LogP contribution < -0.4 is 28.9 Å². The summed E-state index contributed by atoms with van der Waals surface area (Å²) in [6.07, 6.45) is 2.49. The average molecular weight is 1350 g/mol. The number of benzene rings is 8. The van der Waals surface area contributed by atoms with Gasteiger partial charge in [-0.25, -0.2) is 9.97 Å². The Morgan fingerprint density at radius 3 is 0.790 bits per heavy atom. The molecule has 4 fully saturated rings. The number of hydrogen-bond donors (Lipinski definition) is 0. The molecule has 8 unspecified atom stereocenters. The van der Waals surface area contributed by atoms with Gasteiger partial charge in [-0.1, -0.05) is 48.5 Å². The van der Waals surface area contributed by atoms with Crippen molar-refractivity contribution in [2.24, 2.45) is 0 Å². The van der Waals surface area contributed by atoms with Crippen molar-refractivity contribution < 1.29 is 38.4 Å². The normalized spacial score (nSPS) is 21.9. The van der Waals surface area contributed by atoms with Gasteiger partial charge in [0.15, 0.2) is 0 Å². The Balaban J connectivity index is 0.00000847. The van der Waals surface area contributed by atoms with E-state index in [1.54, 1.807) is 57.4 Å². The molecular formula is C68H40B24N8O4Zn. The molecule has 12 nitrogen and oxygen atoms in total. The summed E-state index contributed by atoms with van der Waals surface area (Å²) in [6, 6.07) is 54.0. The van der Waals surface area contributed by atoms with E-state index >= 15 is 0 Å². The van der Waals surface area contributed by atoms with Crippen molar-refractivity contribution in [3.63, 3.8) is 0 Å². The van der Waals surface area contributed by atoms with Gasteiger partial charge in [0.1, 0.15) is 46.0 Å². The molecule has 3 aromatic heterocycles. The molecule has 105 heavy (non-hydrogen) atoms. The molecule has 0 amide bonds. The van der Waals surface area contributed by atoms with Gasteiger partial charge in [-0.05, 0) is 191 Å².